The van der Waals surface area contributed by atoms with E-state index >= 15 is 0 Å². The number of hydrogen-bond acceptors (Lipinski definition) is 5. The molecule has 0 saturated carbocycles. The number of hydrogen-bond donors (Lipinski definition) is 4. The van der Waals surface area contributed by atoms with E-state index in [1.165, 1.54) is 0 Å². The zero-order valence-corrected chi connectivity index (χ0v) is 7.50. The molecule has 0 aromatic carbocycles. The molecule has 1 fully saturated rings. The Labute approximate surface area is 74.1 Å². The third-order valence-electron chi connectivity index (χ3n) is 1.66. The van der Waals surface area contributed by atoms with Gasteiger partial charge in [0.25, 0.3) is 0 Å². The Hall–Kier alpha value is -0.0100. The van der Waals surface area contributed by atoms with E-state index in [0.717, 1.165) is 0 Å². The molecule has 0 aromatic rings. The van der Waals surface area contributed by atoms with Crippen LogP contribution in [0.1, 0.15) is 0 Å². The molecule has 0 aliphatic carbocycles. The van der Waals surface area contributed by atoms with E-state index in [1.807, 2.05) is 0 Å². The first-order valence-corrected chi connectivity index (χ1v) is 5.11. The molecule has 4 N–H and O–H groups in total. The van der Waals surface area contributed by atoms with Gasteiger partial charge >= 0.3 is 7.82 Å². The highest BCUT2D eigenvalue weighted by Gasteiger charge is 2.35. The van der Waals surface area contributed by atoms with Gasteiger partial charge in [-0.2, -0.15) is 0 Å². The van der Waals surface area contributed by atoms with Gasteiger partial charge in [0.1, 0.15) is 18.3 Å². The molecule has 78 valence electrons. The summed E-state index contributed by atoms with van der Waals surface area (Å²) in [6.07, 6.45) is -3.07. The summed E-state index contributed by atoms with van der Waals surface area (Å²) in [5, 5.41) is 18.1. The molecule has 13 heavy (non-hydrogen) atoms. The molecule has 7 nitrogen and oxygen atoms in total. The molecule has 8 heteroatoms. The van der Waals surface area contributed by atoms with Crippen LogP contribution in [0.2, 0.25) is 0 Å². The predicted molar refractivity (Wildman–Crippen MR) is 39.7 cm³/mol. The van der Waals surface area contributed by atoms with E-state index in [0.29, 0.717) is 0 Å². The van der Waals surface area contributed by atoms with Crippen LogP contribution in [-0.2, 0) is 13.8 Å². The average molecular weight is 214 g/mol. The van der Waals surface area contributed by atoms with Gasteiger partial charge in [-0.05, 0) is 0 Å². The van der Waals surface area contributed by atoms with Crippen molar-refractivity contribution >= 4 is 7.82 Å². The van der Waals surface area contributed by atoms with Gasteiger partial charge < -0.3 is 24.7 Å². The summed E-state index contributed by atoms with van der Waals surface area (Å²) < 4.78 is 19.2. The van der Waals surface area contributed by atoms with Gasteiger partial charge in [-0.3, -0.25) is 4.52 Å². The highest BCUT2D eigenvalue weighted by molar-refractivity contribution is 7.46. The summed E-state index contributed by atoms with van der Waals surface area (Å²) in [4.78, 5) is 16.6. The van der Waals surface area contributed by atoms with Crippen molar-refractivity contribution in [3.05, 3.63) is 0 Å². The van der Waals surface area contributed by atoms with Crippen LogP contribution in [0.4, 0.5) is 0 Å². The van der Waals surface area contributed by atoms with Crippen LogP contribution in [0.15, 0.2) is 0 Å². The smallest absolute Gasteiger partial charge is 0.388 e. The largest absolute Gasteiger partial charge is 0.469 e. The molecule has 1 unspecified atom stereocenters. The maximum Gasteiger partial charge on any atom is 0.469 e. The number of aliphatic hydroxyl groups excluding tert-OH is 2. The molecule has 0 radical (unpaired) electrons. The number of phosphoric acid groups is 1. The van der Waals surface area contributed by atoms with Gasteiger partial charge in [0.05, 0.1) is 13.2 Å². The minimum Gasteiger partial charge on any atom is -0.388 e. The predicted octanol–water partition coefficient (Wildman–Crippen LogP) is -1.78. The van der Waals surface area contributed by atoms with Crippen molar-refractivity contribution in [3.63, 3.8) is 0 Å². The van der Waals surface area contributed by atoms with Crippen molar-refractivity contribution in [1.29, 1.82) is 0 Å². The Morgan fingerprint density at radius 2 is 2.08 bits per heavy atom. The molecular formula is C5H11O7P. The molecule has 1 heterocycles. The SMILES string of the molecule is O=P(O)(O)OCC1OC[C@H](O)[C@@H]1O. The summed E-state index contributed by atoms with van der Waals surface area (Å²) in [6.45, 7) is -0.501. The fourth-order valence-corrected chi connectivity index (χ4v) is 1.33. The summed E-state index contributed by atoms with van der Waals surface area (Å²) in [7, 11) is -4.54. The van der Waals surface area contributed by atoms with Crippen LogP contribution >= 0.6 is 7.82 Å². The average Bonchev–Trinajstić information content (AvgIpc) is 2.29. The van der Waals surface area contributed by atoms with Crippen LogP contribution in [-0.4, -0.2) is 51.5 Å². The summed E-state index contributed by atoms with van der Waals surface area (Å²) in [5.74, 6) is 0. The van der Waals surface area contributed by atoms with Crippen molar-refractivity contribution in [3.8, 4) is 0 Å². The van der Waals surface area contributed by atoms with E-state index in [4.69, 9.17) is 24.7 Å². The first-order valence-electron chi connectivity index (χ1n) is 3.58. The Bertz CT molecular complexity index is 213. The lowest BCUT2D eigenvalue weighted by Crippen LogP contribution is -2.32. The highest BCUT2D eigenvalue weighted by Crippen LogP contribution is 2.36. The molecule has 1 rings (SSSR count). The van der Waals surface area contributed by atoms with Gasteiger partial charge in [0.15, 0.2) is 0 Å². The normalized spacial score (nSPS) is 35.2. The number of aliphatic hydroxyl groups is 2. The third kappa shape index (κ3) is 3.32. The Kier molecular flexibility index (Phi) is 3.42. The lowest BCUT2D eigenvalue weighted by atomic mass is 10.2. The maximum atomic E-state index is 10.2. The van der Waals surface area contributed by atoms with Crippen LogP contribution in [0.25, 0.3) is 0 Å². The van der Waals surface area contributed by atoms with Crippen LogP contribution in [0.5, 0.6) is 0 Å². The van der Waals surface area contributed by atoms with Gasteiger partial charge in [-0.15, -0.1) is 0 Å². The second kappa shape index (κ2) is 4.02. The Morgan fingerprint density at radius 3 is 2.46 bits per heavy atom. The van der Waals surface area contributed by atoms with Crippen molar-refractivity contribution in [1.82, 2.24) is 0 Å². The van der Waals surface area contributed by atoms with E-state index < -0.39 is 32.7 Å². The molecule has 1 aliphatic heterocycles. The maximum absolute atomic E-state index is 10.2. The first kappa shape index (κ1) is 11.1. The zero-order valence-electron chi connectivity index (χ0n) is 6.61. The highest BCUT2D eigenvalue weighted by atomic mass is 31.2. The number of ether oxygens (including phenoxy) is 1. The topological polar surface area (TPSA) is 116 Å². The quantitative estimate of drug-likeness (QED) is 0.410. The summed E-state index contributed by atoms with van der Waals surface area (Å²) >= 11 is 0. The standard InChI is InChI=1S/C5H11O7P/c6-3-1-11-4(5(3)7)2-12-13(8,9)10/h3-7H,1-2H2,(H2,8,9,10)/t3-,4?,5-/m0/s1. The van der Waals surface area contributed by atoms with Crippen LogP contribution in [0, 0.1) is 0 Å². The summed E-state index contributed by atoms with van der Waals surface area (Å²) in [5.41, 5.74) is 0. The number of phosphoric ester groups is 1. The van der Waals surface area contributed by atoms with Crippen molar-refractivity contribution in [2.75, 3.05) is 13.2 Å². The first-order chi connectivity index (χ1) is 5.90. The molecule has 0 aromatic heterocycles. The Morgan fingerprint density at radius 1 is 1.46 bits per heavy atom. The minimum atomic E-state index is -4.54. The molecule has 1 saturated heterocycles. The summed E-state index contributed by atoms with van der Waals surface area (Å²) in [6, 6.07) is 0. The zero-order chi connectivity index (χ0) is 10.1. The lowest BCUT2D eigenvalue weighted by molar-refractivity contribution is -0.00596. The fraction of sp³-hybridized carbons (Fsp3) is 1.00. The fourth-order valence-electron chi connectivity index (χ4n) is 0.984. The van der Waals surface area contributed by atoms with E-state index in [9.17, 15) is 4.57 Å². The van der Waals surface area contributed by atoms with Crippen LogP contribution < -0.4 is 0 Å². The Balaban J connectivity index is 2.35. The second-order valence-electron chi connectivity index (χ2n) is 2.72. The van der Waals surface area contributed by atoms with Crippen LogP contribution in [0.3, 0.4) is 0 Å². The number of rotatable bonds is 3. The molecule has 0 amide bonds. The van der Waals surface area contributed by atoms with Crippen molar-refractivity contribution in [2.45, 2.75) is 18.3 Å². The molecule has 3 atom stereocenters. The molecule has 0 bridgehead atoms. The minimum absolute atomic E-state index is 0.0592. The molecule has 0 spiro atoms. The van der Waals surface area contributed by atoms with Gasteiger partial charge in [-0.1, -0.05) is 0 Å². The molecule has 1 aliphatic rings. The third-order valence-corrected chi connectivity index (χ3v) is 2.15. The van der Waals surface area contributed by atoms with E-state index in [2.05, 4.69) is 4.52 Å². The monoisotopic (exact) mass is 214 g/mol. The van der Waals surface area contributed by atoms with E-state index in [1.54, 1.807) is 0 Å². The van der Waals surface area contributed by atoms with E-state index in [-0.39, 0.29) is 6.61 Å². The molecular weight excluding hydrogens is 203 g/mol. The lowest BCUT2D eigenvalue weighted by Gasteiger charge is -2.14. The van der Waals surface area contributed by atoms with Gasteiger partial charge in [0, 0.05) is 0 Å². The van der Waals surface area contributed by atoms with Crippen molar-refractivity contribution < 1.29 is 33.8 Å². The second-order valence-corrected chi connectivity index (χ2v) is 3.96. The van der Waals surface area contributed by atoms with Gasteiger partial charge in [-0.25, -0.2) is 4.57 Å². The van der Waals surface area contributed by atoms with Gasteiger partial charge in [0.2, 0.25) is 0 Å². The van der Waals surface area contributed by atoms with Crippen molar-refractivity contribution in [2.24, 2.45) is 0 Å².